The van der Waals surface area contributed by atoms with E-state index in [1.54, 1.807) is 6.92 Å². The van der Waals surface area contributed by atoms with Crippen molar-refractivity contribution in [3.63, 3.8) is 0 Å². The van der Waals surface area contributed by atoms with Crippen LogP contribution in [0.15, 0.2) is 4.47 Å². The third-order valence-electron chi connectivity index (χ3n) is 1.58. The van der Waals surface area contributed by atoms with E-state index in [1.165, 1.54) is 6.92 Å². The van der Waals surface area contributed by atoms with Gasteiger partial charge in [-0.05, 0) is 22.9 Å². The van der Waals surface area contributed by atoms with Gasteiger partial charge in [-0.3, -0.25) is 4.79 Å². The van der Waals surface area contributed by atoms with E-state index >= 15 is 0 Å². The Kier molecular flexibility index (Phi) is 2.34. The van der Waals surface area contributed by atoms with Gasteiger partial charge in [0.1, 0.15) is 11.8 Å². The zero-order chi connectivity index (χ0) is 9.30. The van der Waals surface area contributed by atoms with Gasteiger partial charge in [-0.25, -0.2) is 0 Å². The van der Waals surface area contributed by atoms with Gasteiger partial charge in [0.05, 0.1) is 10.0 Å². The first-order valence-electron chi connectivity index (χ1n) is 3.37. The Morgan fingerprint density at radius 1 is 1.67 bits per heavy atom. The normalized spacial score (nSPS) is 9.50. The Morgan fingerprint density at radius 3 is 2.58 bits per heavy atom. The lowest BCUT2D eigenvalue weighted by Crippen LogP contribution is -1.94. The standard InChI is InChI=1S/C8H7BrN2O/c1-4-7(9)6(3-10)8(11-4)5(2)12/h11H,1-2H3. The number of hydrogen-bond acceptors (Lipinski definition) is 2. The van der Waals surface area contributed by atoms with Crippen LogP contribution in [0.5, 0.6) is 0 Å². The van der Waals surface area contributed by atoms with Crippen LogP contribution in [-0.4, -0.2) is 10.8 Å². The SMILES string of the molecule is CC(=O)c1[nH]c(C)c(Br)c1C#N. The summed E-state index contributed by atoms with van der Waals surface area (Å²) in [6, 6.07) is 1.97. The van der Waals surface area contributed by atoms with Crippen molar-refractivity contribution in [2.45, 2.75) is 13.8 Å². The summed E-state index contributed by atoms with van der Waals surface area (Å²) in [5.74, 6) is -0.125. The molecule has 1 N–H and O–H groups in total. The number of carbonyl (C=O) groups is 1. The molecule has 0 saturated carbocycles. The van der Waals surface area contributed by atoms with Crippen molar-refractivity contribution < 1.29 is 4.79 Å². The van der Waals surface area contributed by atoms with Crippen molar-refractivity contribution in [2.75, 3.05) is 0 Å². The molecule has 0 fully saturated rings. The number of aromatic nitrogens is 1. The van der Waals surface area contributed by atoms with Crippen molar-refractivity contribution in [3.05, 3.63) is 21.4 Å². The lowest BCUT2D eigenvalue weighted by Gasteiger charge is -1.88. The smallest absolute Gasteiger partial charge is 0.177 e. The number of hydrogen-bond donors (Lipinski definition) is 1. The second-order valence-corrected chi connectivity index (χ2v) is 3.27. The number of aromatic amines is 1. The Balaban J connectivity index is 3.42. The van der Waals surface area contributed by atoms with Crippen molar-refractivity contribution in [2.24, 2.45) is 0 Å². The van der Waals surface area contributed by atoms with Crippen LogP contribution in [0.1, 0.15) is 28.7 Å². The number of rotatable bonds is 1. The first kappa shape index (κ1) is 9.01. The maximum Gasteiger partial charge on any atom is 0.177 e. The van der Waals surface area contributed by atoms with Gasteiger partial charge < -0.3 is 4.98 Å². The number of halogens is 1. The van der Waals surface area contributed by atoms with E-state index in [-0.39, 0.29) is 5.78 Å². The predicted molar refractivity (Wildman–Crippen MR) is 47.9 cm³/mol. The maximum absolute atomic E-state index is 11.0. The molecule has 0 aromatic carbocycles. The number of H-pyrrole nitrogens is 1. The number of aryl methyl sites for hydroxylation is 1. The molecule has 0 spiro atoms. The molecule has 0 aliphatic rings. The summed E-state index contributed by atoms with van der Waals surface area (Å²) in [5.41, 5.74) is 1.57. The van der Waals surface area contributed by atoms with Crippen molar-refractivity contribution in [3.8, 4) is 6.07 Å². The lowest BCUT2D eigenvalue weighted by molar-refractivity contribution is 0.101. The van der Waals surface area contributed by atoms with Crippen LogP contribution in [0.25, 0.3) is 0 Å². The Hall–Kier alpha value is -1.08. The summed E-state index contributed by atoms with van der Waals surface area (Å²) < 4.78 is 0.676. The highest BCUT2D eigenvalue weighted by Crippen LogP contribution is 2.23. The molecule has 0 amide bonds. The summed E-state index contributed by atoms with van der Waals surface area (Å²) in [4.78, 5) is 13.8. The monoisotopic (exact) mass is 226 g/mol. The number of nitrogens with one attached hydrogen (secondary N) is 1. The van der Waals surface area contributed by atoms with Gasteiger partial charge in [0.2, 0.25) is 0 Å². The topological polar surface area (TPSA) is 56.6 Å². The molecule has 1 aromatic heterocycles. The van der Waals surface area contributed by atoms with Crippen LogP contribution in [0.4, 0.5) is 0 Å². The molecular formula is C8H7BrN2O. The van der Waals surface area contributed by atoms with Gasteiger partial charge in [-0.1, -0.05) is 0 Å². The van der Waals surface area contributed by atoms with Gasteiger partial charge in [0.15, 0.2) is 5.78 Å². The van der Waals surface area contributed by atoms with E-state index in [4.69, 9.17) is 5.26 Å². The minimum Gasteiger partial charge on any atom is -0.354 e. The minimum atomic E-state index is -0.125. The fraction of sp³-hybridized carbons (Fsp3) is 0.250. The number of nitriles is 1. The third-order valence-corrected chi connectivity index (χ3v) is 2.57. The number of ketones is 1. The first-order valence-corrected chi connectivity index (χ1v) is 4.16. The fourth-order valence-corrected chi connectivity index (χ4v) is 1.36. The molecular weight excluding hydrogens is 220 g/mol. The highest BCUT2D eigenvalue weighted by molar-refractivity contribution is 9.10. The molecule has 0 aliphatic carbocycles. The molecule has 0 unspecified atom stereocenters. The zero-order valence-corrected chi connectivity index (χ0v) is 8.32. The van der Waals surface area contributed by atoms with E-state index in [9.17, 15) is 4.79 Å². The van der Waals surface area contributed by atoms with Gasteiger partial charge in [-0.2, -0.15) is 5.26 Å². The van der Waals surface area contributed by atoms with Crippen molar-refractivity contribution in [1.82, 2.24) is 4.98 Å². The highest BCUT2D eigenvalue weighted by atomic mass is 79.9. The summed E-state index contributed by atoms with van der Waals surface area (Å²) in [7, 11) is 0. The van der Waals surface area contributed by atoms with Crippen LogP contribution in [-0.2, 0) is 0 Å². The molecule has 1 rings (SSSR count). The van der Waals surface area contributed by atoms with Gasteiger partial charge >= 0.3 is 0 Å². The number of nitrogens with zero attached hydrogens (tertiary/aromatic N) is 1. The maximum atomic E-state index is 11.0. The molecule has 62 valence electrons. The third kappa shape index (κ3) is 1.28. The highest BCUT2D eigenvalue weighted by Gasteiger charge is 2.15. The second kappa shape index (κ2) is 3.11. The summed E-state index contributed by atoms with van der Waals surface area (Å²) in [6.45, 7) is 3.23. The van der Waals surface area contributed by atoms with E-state index in [1.807, 2.05) is 6.07 Å². The molecule has 0 aliphatic heterocycles. The van der Waals surface area contributed by atoms with E-state index in [0.717, 1.165) is 5.69 Å². The van der Waals surface area contributed by atoms with Gasteiger partial charge in [0, 0.05) is 12.6 Å². The molecule has 1 aromatic rings. The molecule has 12 heavy (non-hydrogen) atoms. The van der Waals surface area contributed by atoms with Crippen LogP contribution in [0.3, 0.4) is 0 Å². The van der Waals surface area contributed by atoms with E-state index < -0.39 is 0 Å². The van der Waals surface area contributed by atoms with Crippen LogP contribution >= 0.6 is 15.9 Å². The summed E-state index contributed by atoms with van der Waals surface area (Å²) in [5, 5.41) is 8.71. The Bertz CT molecular complexity index is 373. The average molecular weight is 227 g/mol. The second-order valence-electron chi connectivity index (χ2n) is 2.48. The van der Waals surface area contributed by atoms with E-state index in [2.05, 4.69) is 20.9 Å². The molecule has 0 atom stereocenters. The van der Waals surface area contributed by atoms with Gasteiger partial charge in [0.25, 0.3) is 0 Å². The predicted octanol–water partition coefficient (Wildman–Crippen LogP) is 2.16. The summed E-state index contributed by atoms with van der Waals surface area (Å²) in [6.07, 6.45) is 0. The zero-order valence-electron chi connectivity index (χ0n) is 6.73. The lowest BCUT2D eigenvalue weighted by atomic mass is 10.2. The molecule has 1 heterocycles. The first-order chi connectivity index (χ1) is 5.57. The van der Waals surface area contributed by atoms with Crippen LogP contribution < -0.4 is 0 Å². The van der Waals surface area contributed by atoms with E-state index in [0.29, 0.717) is 15.7 Å². The summed E-state index contributed by atoms with van der Waals surface area (Å²) >= 11 is 3.22. The quantitative estimate of drug-likeness (QED) is 0.747. The minimum absolute atomic E-state index is 0.125. The number of Topliss-reactive ketones (excluding diaryl/α,β-unsaturated/α-hetero) is 1. The largest absolute Gasteiger partial charge is 0.354 e. The average Bonchev–Trinajstić information content (AvgIpc) is 2.29. The molecule has 0 radical (unpaired) electrons. The Labute approximate surface area is 78.5 Å². The fourth-order valence-electron chi connectivity index (χ4n) is 0.971. The van der Waals surface area contributed by atoms with Crippen LogP contribution in [0.2, 0.25) is 0 Å². The molecule has 3 nitrogen and oxygen atoms in total. The molecule has 0 bridgehead atoms. The van der Waals surface area contributed by atoms with Crippen LogP contribution in [0, 0.1) is 18.3 Å². The van der Waals surface area contributed by atoms with Crippen molar-refractivity contribution >= 4 is 21.7 Å². The number of carbonyl (C=O) groups excluding carboxylic acids is 1. The Morgan fingerprint density at radius 2 is 2.25 bits per heavy atom. The molecule has 0 saturated heterocycles. The molecule has 4 heteroatoms. The van der Waals surface area contributed by atoms with Gasteiger partial charge in [-0.15, -0.1) is 0 Å². The van der Waals surface area contributed by atoms with Crippen molar-refractivity contribution in [1.29, 1.82) is 5.26 Å².